The summed E-state index contributed by atoms with van der Waals surface area (Å²) < 4.78 is 12.1. The number of anilines is 3. The number of morpholine rings is 1. The number of halogens is 2. The maximum Gasteiger partial charge on any atom is 0.227 e. The zero-order valence-electron chi connectivity index (χ0n) is 15.8. The summed E-state index contributed by atoms with van der Waals surface area (Å²) in [7, 11) is 0. The summed E-state index contributed by atoms with van der Waals surface area (Å²) in [6.45, 7) is 4.36. The van der Waals surface area contributed by atoms with Crippen molar-refractivity contribution in [3.8, 4) is 0 Å². The molecule has 1 aromatic heterocycles. The van der Waals surface area contributed by atoms with Gasteiger partial charge >= 0.3 is 0 Å². The first-order valence-electron chi connectivity index (χ1n) is 9.61. The van der Waals surface area contributed by atoms with Gasteiger partial charge in [-0.2, -0.15) is 0 Å². The van der Waals surface area contributed by atoms with E-state index in [0.717, 1.165) is 68.0 Å². The highest BCUT2D eigenvalue weighted by molar-refractivity contribution is 9.10. The van der Waals surface area contributed by atoms with E-state index in [9.17, 15) is 0 Å². The SMILES string of the molecule is Brc1cnc(Nc2ccc(N3CCOCC3)cc2)nc1CCC1CCCO1.Cl. The summed E-state index contributed by atoms with van der Waals surface area (Å²) >= 11 is 3.57. The van der Waals surface area contributed by atoms with E-state index in [1.54, 1.807) is 0 Å². The average molecular weight is 470 g/mol. The van der Waals surface area contributed by atoms with E-state index in [4.69, 9.17) is 9.47 Å². The fourth-order valence-corrected chi connectivity index (χ4v) is 3.90. The van der Waals surface area contributed by atoms with Crippen molar-refractivity contribution in [2.75, 3.05) is 43.1 Å². The van der Waals surface area contributed by atoms with Gasteiger partial charge in [0, 0.05) is 37.3 Å². The summed E-state index contributed by atoms with van der Waals surface area (Å²) in [6, 6.07) is 8.40. The number of hydrogen-bond donors (Lipinski definition) is 1. The van der Waals surface area contributed by atoms with Crippen molar-refractivity contribution in [2.45, 2.75) is 31.8 Å². The number of aryl methyl sites for hydroxylation is 1. The van der Waals surface area contributed by atoms with Crippen LogP contribution in [0.5, 0.6) is 0 Å². The van der Waals surface area contributed by atoms with Crippen LogP contribution in [0.15, 0.2) is 34.9 Å². The molecule has 0 aliphatic carbocycles. The molecule has 28 heavy (non-hydrogen) atoms. The van der Waals surface area contributed by atoms with E-state index < -0.39 is 0 Å². The Morgan fingerprint density at radius 2 is 1.93 bits per heavy atom. The van der Waals surface area contributed by atoms with Crippen LogP contribution >= 0.6 is 28.3 Å². The highest BCUT2D eigenvalue weighted by Crippen LogP contribution is 2.24. The molecule has 1 N–H and O–H groups in total. The molecule has 2 saturated heterocycles. The Morgan fingerprint density at radius 1 is 1.14 bits per heavy atom. The highest BCUT2D eigenvalue weighted by atomic mass is 79.9. The Hall–Kier alpha value is -1.41. The Kier molecular flexibility index (Phi) is 7.91. The minimum atomic E-state index is 0. The first kappa shape index (κ1) is 21.3. The number of aromatic nitrogens is 2. The molecule has 6 nitrogen and oxygen atoms in total. The second kappa shape index (κ2) is 10.4. The number of nitrogens with zero attached hydrogens (tertiary/aromatic N) is 3. The van der Waals surface area contributed by atoms with E-state index >= 15 is 0 Å². The molecule has 1 atom stereocenters. The lowest BCUT2D eigenvalue weighted by molar-refractivity contribution is 0.104. The fraction of sp³-hybridized carbons (Fsp3) is 0.500. The Balaban J connectivity index is 0.00000225. The molecule has 2 aromatic rings. The Morgan fingerprint density at radius 3 is 2.64 bits per heavy atom. The number of ether oxygens (including phenoxy) is 2. The van der Waals surface area contributed by atoms with Gasteiger partial charge in [0.2, 0.25) is 5.95 Å². The first-order valence-corrected chi connectivity index (χ1v) is 10.4. The van der Waals surface area contributed by atoms with Crippen LogP contribution in [0.25, 0.3) is 0 Å². The first-order chi connectivity index (χ1) is 13.3. The van der Waals surface area contributed by atoms with Crippen LogP contribution in [-0.2, 0) is 15.9 Å². The van der Waals surface area contributed by atoms with Crippen molar-refractivity contribution in [1.29, 1.82) is 0 Å². The van der Waals surface area contributed by atoms with E-state index in [0.29, 0.717) is 12.1 Å². The lowest BCUT2D eigenvalue weighted by Crippen LogP contribution is -2.36. The summed E-state index contributed by atoms with van der Waals surface area (Å²) in [5.41, 5.74) is 3.23. The van der Waals surface area contributed by atoms with Gasteiger partial charge in [0.05, 0.1) is 29.5 Å². The molecule has 3 heterocycles. The topological polar surface area (TPSA) is 59.5 Å². The summed E-state index contributed by atoms with van der Waals surface area (Å²) in [4.78, 5) is 11.4. The lowest BCUT2D eigenvalue weighted by atomic mass is 10.1. The van der Waals surface area contributed by atoms with Gasteiger partial charge in [0.25, 0.3) is 0 Å². The predicted molar refractivity (Wildman–Crippen MR) is 117 cm³/mol. The van der Waals surface area contributed by atoms with Crippen LogP contribution in [0.1, 0.15) is 25.0 Å². The molecule has 4 rings (SSSR count). The summed E-state index contributed by atoms with van der Waals surface area (Å²) in [5.74, 6) is 0.625. The number of hydrogen-bond acceptors (Lipinski definition) is 6. The number of nitrogens with one attached hydrogen (secondary N) is 1. The maximum atomic E-state index is 5.72. The molecule has 152 valence electrons. The van der Waals surface area contributed by atoms with Gasteiger partial charge in [0.15, 0.2) is 0 Å². The van der Waals surface area contributed by atoms with Gasteiger partial charge in [-0.1, -0.05) is 0 Å². The molecule has 0 radical (unpaired) electrons. The number of benzene rings is 1. The van der Waals surface area contributed by atoms with Crippen molar-refractivity contribution in [2.24, 2.45) is 0 Å². The van der Waals surface area contributed by atoms with Crippen LogP contribution in [0.4, 0.5) is 17.3 Å². The van der Waals surface area contributed by atoms with Crippen LogP contribution in [0.2, 0.25) is 0 Å². The molecule has 2 aliphatic heterocycles. The van der Waals surface area contributed by atoms with Crippen molar-refractivity contribution in [1.82, 2.24) is 9.97 Å². The maximum absolute atomic E-state index is 5.72. The second-order valence-electron chi connectivity index (χ2n) is 6.93. The smallest absolute Gasteiger partial charge is 0.227 e. The van der Waals surface area contributed by atoms with Gasteiger partial charge in [-0.15, -0.1) is 12.4 Å². The molecule has 0 amide bonds. The van der Waals surface area contributed by atoms with E-state index in [1.807, 2.05) is 6.20 Å². The third-order valence-electron chi connectivity index (χ3n) is 5.04. The monoisotopic (exact) mass is 468 g/mol. The summed E-state index contributed by atoms with van der Waals surface area (Å²) in [6.07, 6.45) is 6.41. The Bertz CT molecular complexity index is 750. The third kappa shape index (κ3) is 5.56. The van der Waals surface area contributed by atoms with Gasteiger partial charge in [0.1, 0.15) is 0 Å². The van der Waals surface area contributed by atoms with Crippen molar-refractivity contribution in [3.05, 3.63) is 40.6 Å². The highest BCUT2D eigenvalue weighted by Gasteiger charge is 2.17. The fourth-order valence-electron chi connectivity index (χ4n) is 3.51. The minimum Gasteiger partial charge on any atom is -0.378 e. The van der Waals surface area contributed by atoms with E-state index in [-0.39, 0.29) is 12.4 Å². The standard InChI is InChI=1S/C20H25BrN4O2.ClH/c21-18-14-22-20(24-19(18)8-7-17-2-1-11-27-17)23-15-3-5-16(6-4-15)25-9-12-26-13-10-25;/h3-6,14,17H,1-2,7-13H2,(H,22,23,24);1H. The second-order valence-corrected chi connectivity index (χ2v) is 7.79. The van der Waals surface area contributed by atoms with Crippen molar-refractivity contribution in [3.63, 3.8) is 0 Å². The van der Waals surface area contributed by atoms with Crippen LogP contribution in [0.3, 0.4) is 0 Å². The van der Waals surface area contributed by atoms with Crippen molar-refractivity contribution < 1.29 is 9.47 Å². The predicted octanol–water partition coefficient (Wildman–Crippen LogP) is 4.35. The molecule has 2 aliphatic rings. The zero-order valence-corrected chi connectivity index (χ0v) is 18.2. The molecule has 2 fully saturated rings. The van der Waals surface area contributed by atoms with Crippen LogP contribution in [-0.4, -0.2) is 49.0 Å². The quantitative estimate of drug-likeness (QED) is 0.679. The summed E-state index contributed by atoms with van der Waals surface area (Å²) in [5, 5.41) is 3.31. The largest absolute Gasteiger partial charge is 0.378 e. The third-order valence-corrected chi connectivity index (χ3v) is 5.71. The molecule has 8 heteroatoms. The normalized spacial score (nSPS) is 19.3. The van der Waals surface area contributed by atoms with Crippen LogP contribution in [0, 0.1) is 0 Å². The molecule has 1 aromatic carbocycles. The van der Waals surface area contributed by atoms with Gasteiger partial charge in [-0.05, 0) is 65.9 Å². The Labute approximate surface area is 180 Å². The lowest BCUT2D eigenvalue weighted by Gasteiger charge is -2.28. The number of rotatable bonds is 6. The molecule has 0 spiro atoms. The molecular weight excluding hydrogens is 444 g/mol. The van der Waals surface area contributed by atoms with E-state index in [2.05, 4.69) is 60.4 Å². The van der Waals surface area contributed by atoms with Gasteiger partial charge in [-0.25, -0.2) is 9.97 Å². The van der Waals surface area contributed by atoms with E-state index in [1.165, 1.54) is 12.1 Å². The van der Waals surface area contributed by atoms with Crippen molar-refractivity contribution >= 4 is 45.7 Å². The zero-order chi connectivity index (χ0) is 18.5. The average Bonchev–Trinajstić information content (AvgIpc) is 3.23. The molecule has 1 unspecified atom stereocenters. The minimum absolute atomic E-state index is 0. The van der Waals surface area contributed by atoms with Gasteiger partial charge in [-0.3, -0.25) is 0 Å². The molecular formula is C20H26BrClN4O2. The molecule has 0 saturated carbocycles. The van der Waals surface area contributed by atoms with Crippen LogP contribution < -0.4 is 10.2 Å². The van der Waals surface area contributed by atoms with Gasteiger partial charge < -0.3 is 19.7 Å². The molecule has 0 bridgehead atoms.